The molecule has 1 aromatic heterocycles. The van der Waals surface area contributed by atoms with E-state index in [4.69, 9.17) is 0 Å². The second kappa shape index (κ2) is 4.79. The van der Waals surface area contributed by atoms with Crippen molar-refractivity contribution in [2.75, 3.05) is 5.32 Å². The Hall–Kier alpha value is -1.84. The average molecular weight is 217 g/mol. The van der Waals surface area contributed by atoms with Gasteiger partial charge in [-0.3, -0.25) is 0 Å². The van der Waals surface area contributed by atoms with Crippen LogP contribution in [0.4, 0.5) is 5.69 Å². The van der Waals surface area contributed by atoms with Gasteiger partial charge in [-0.05, 0) is 31.0 Å². The number of hydrogen-bond acceptors (Lipinski definition) is 4. The quantitative estimate of drug-likeness (QED) is 0.855. The highest BCUT2D eigenvalue weighted by Gasteiger charge is 2.03. The molecule has 0 aliphatic rings. The van der Waals surface area contributed by atoms with Crippen LogP contribution >= 0.6 is 0 Å². The molecule has 2 rings (SSSR count). The summed E-state index contributed by atoms with van der Waals surface area (Å²) in [6, 6.07) is 8.38. The van der Waals surface area contributed by atoms with Gasteiger partial charge >= 0.3 is 0 Å². The molecule has 1 heterocycles. The molecule has 0 saturated carbocycles. The summed E-state index contributed by atoms with van der Waals surface area (Å²) in [5, 5.41) is 10.8. The van der Waals surface area contributed by atoms with Crippen LogP contribution in [0.1, 0.15) is 23.9 Å². The normalized spacial score (nSPS) is 10.4. The third-order valence-electron chi connectivity index (χ3n) is 2.57. The predicted octanol–water partition coefficient (Wildman–Crippen LogP) is 2.55. The Morgan fingerprint density at radius 3 is 2.50 bits per heavy atom. The maximum absolute atomic E-state index is 4.63. The maximum Gasteiger partial charge on any atom is 0.127 e. The maximum atomic E-state index is 4.63. The van der Waals surface area contributed by atoms with E-state index in [1.807, 2.05) is 6.92 Å². The molecule has 0 aliphatic heterocycles. The summed E-state index contributed by atoms with van der Waals surface area (Å²) in [6.45, 7) is 4.67. The molecule has 1 aromatic carbocycles. The number of nitrogens with one attached hydrogen (secondary N) is 1. The van der Waals surface area contributed by atoms with Gasteiger partial charge in [-0.25, -0.2) is 4.63 Å². The second-order valence-corrected chi connectivity index (χ2v) is 3.70. The van der Waals surface area contributed by atoms with Gasteiger partial charge in [0.1, 0.15) is 11.4 Å². The molecule has 84 valence electrons. The van der Waals surface area contributed by atoms with Crippen molar-refractivity contribution in [3.63, 3.8) is 0 Å². The fraction of sp³-hybridized carbons (Fsp3) is 0.333. The smallest absolute Gasteiger partial charge is 0.127 e. The highest BCUT2D eigenvalue weighted by molar-refractivity contribution is 5.44. The molecule has 0 unspecified atom stereocenters. The standard InChI is InChI=1S/C12H15N3O/c1-3-10-4-6-11(7-5-10)13-8-12-9(2)14-16-15-12/h4-7,13H,3,8H2,1-2H3. The number of hydrogen-bond donors (Lipinski definition) is 1. The van der Waals surface area contributed by atoms with E-state index in [2.05, 4.69) is 51.4 Å². The van der Waals surface area contributed by atoms with Crippen LogP contribution in [0.2, 0.25) is 0 Å². The van der Waals surface area contributed by atoms with Crippen molar-refractivity contribution < 1.29 is 4.63 Å². The fourth-order valence-electron chi connectivity index (χ4n) is 1.45. The van der Waals surface area contributed by atoms with E-state index in [0.29, 0.717) is 6.54 Å². The molecule has 0 bridgehead atoms. The Labute approximate surface area is 94.6 Å². The fourth-order valence-corrected chi connectivity index (χ4v) is 1.45. The summed E-state index contributed by atoms with van der Waals surface area (Å²) in [4.78, 5) is 0. The van der Waals surface area contributed by atoms with Crippen LogP contribution in [-0.4, -0.2) is 10.3 Å². The van der Waals surface area contributed by atoms with Gasteiger partial charge in [0.05, 0.1) is 6.54 Å². The minimum absolute atomic E-state index is 0.640. The van der Waals surface area contributed by atoms with Crippen LogP contribution in [0, 0.1) is 6.92 Å². The van der Waals surface area contributed by atoms with Crippen LogP contribution in [0.25, 0.3) is 0 Å². The highest BCUT2D eigenvalue weighted by atomic mass is 16.6. The molecule has 4 nitrogen and oxygen atoms in total. The zero-order chi connectivity index (χ0) is 11.4. The lowest BCUT2D eigenvalue weighted by Crippen LogP contribution is -2.01. The molecule has 0 spiro atoms. The molecule has 4 heteroatoms. The SMILES string of the molecule is CCc1ccc(NCc2nonc2C)cc1. The topological polar surface area (TPSA) is 51.0 Å². The van der Waals surface area contributed by atoms with Gasteiger partial charge in [0.2, 0.25) is 0 Å². The summed E-state index contributed by atoms with van der Waals surface area (Å²) in [7, 11) is 0. The molecular formula is C12H15N3O. The molecule has 0 radical (unpaired) electrons. The summed E-state index contributed by atoms with van der Waals surface area (Å²) in [6.07, 6.45) is 1.06. The monoisotopic (exact) mass is 217 g/mol. The van der Waals surface area contributed by atoms with Crippen LogP contribution in [0.5, 0.6) is 0 Å². The first-order chi connectivity index (χ1) is 7.79. The third kappa shape index (κ3) is 2.39. The number of benzene rings is 1. The molecule has 1 N–H and O–H groups in total. The van der Waals surface area contributed by atoms with E-state index < -0.39 is 0 Å². The van der Waals surface area contributed by atoms with Gasteiger partial charge < -0.3 is 5.32 Å². The zero-order valence-corrected chi connectivity index (χ0v) is 9.53. The number of nitrogens with zero attached hydrogens (tertiary/aromatic N) is 2. The van der Waals surface area contributed by atoms with E-state index in [-0.39, 0.29) is 0 Å². The molecule has 0 amide bonds. The van der Waals surface area contributed by atoms with Crippen molar-refractivity contribution >= 4 is 5.69 Å². The molecule has 16 heavy (non-hydrogen) atoms. The molecule has 0 atom stereocenters. The molecule has 0 fully saturated rings. The van der Waals surface area contributed by atoms with Crippen molar-refractivity contribution in [2.24, 2.45) is 0 Å². The lowest BCUT2D eigenvalue weighted by atomic mass is 10.1. The Kier molecular flexibility index (Phi) is 3.19. The second-order valence-electron chi connectivity index (χ2n) is 3.70. The first-order valence-corrected chi connectivity index (χ1v) is 5.40. The summed E-state index contributed by atoms with van der Waals surface area (Å²) in [5.41, 5.74) is 4.10. The Morgan fingerprint density at radius 2 is 1.94 bits per heavy atom. The van der Waals surface area contributed by atoms with Crippen LogP contribution in [0.3, 0.4) is 0 Å². The van der Waals surface area contributed by atoms with Gasteiger partial charge in [-0.1, -0.05) is 29.4 Å². The lowest BCUT2D eigenvalue weighted by Gasteiger charge is -2.04. The minimum atomic E-state index is 0.640. The Balaban J connectivity index is 1.97. The first kappa shape index (κ1) is 10.7. The van der Waals surface area contributed by atoms with Crippen LogP contribution in [-0.2, 0) is 13.0 Å². The Bertz CT molecular complexity index is 448. The summed E-state index contributed by atoms with van der Waals surface area (Å²) >= 11 is 0. The lowest BCUT2D eigenvalue weighted by molar-refractivity contribution is 0.301. The van der Waals surface area contributed by atoms with E-state index >= 15 is 0 Å². The largest absolute Gasteiger partial charge is 0.379 e. The number of aromatic nitrogens is 2. The summed E-state index contributed by atoms with van der Waals surface area (Å²) in [5.74, 6) is 0. The van der Waals surface area contributed by atoms with Gasteiger partial charge in [-0.15, -0.1) is 0 Å². The van der Waals surface area contributed by atoms with Gasteiger partial charge in [0, 0.05) is 5.69 Å². The van der Waals surface area contributed by atoms with Gasteiger partial charge in [0.25, 0.3) is 0 Å². The minimum Gasteiger partial charge on any atom is -0.379 e. The van der Waals surface area contributed by atoms with Crippen molar-refractivity contribution in [3.05, 3.63) is 41.2 Å². The predicted molar refractivity (Wildman–Crippen MR) is 62.2 cm³/mol. The Morgan fingerprint density at radius 1 is 1.19 bits per heavy atom. The first-order valence-electron chi connectivity index (χ1n) is 5.40. The molecule has 2 aromatic rings. The van der Waals surface area contributed by atoms with Gasteiger partial charge in [-0.2, -0.15) is 0 Å². The van der Waals surface area contributed by atoms with E-state index in [9.17, 15) is 0 Å². The molecule has 0 saturated heterocycles. The van der Waals surface area contributed by atoms with E-state index in [1.165, 1.54) is 5.56 Å². The van der Waals surface area contributed by atoms with Crippen molar-refractivity contribution in [3.8, 4) is 0 Å². The summed E-state index contributed by atoms with van der Waals surface area (Å²) < 4.78 is 4.63. The number of anilines is 1. The van der Waals surface area contributed by atoms with Crippen molar-refractivity contribution in [1.29, 1.82) is 0 Å². The average Bonchev–Trinajstić information content (AvgIpc) is 2.73. The molecular weight excluding hydrogens is 202 g/mol. The van der Waals surface area contributed by atoms with Gasteiger partial charge in [0.15, 0.2) is 0 Å². The number of rotatable bonds is 4. The third-order valence-corrected chi connectivity index (χ3v) is 2.57. The molecule has 0 aliphatic carbocycles. The van der Waals surface area contributed by atoms with Crippen molar-refractivity contribution in [1.82, 2.24) is 10.3 Å². The van der Waals surface area contributed by atoms with Crippen molar-refractivity contribution in [2.45, 2.75) is 26.8 Å². The van der Waals surface area contributed by atoms with E-state index in [0.717, 1.165) is 23.5 Å². The van der Waals surface area contributed by atoms with Crippen LogP contribution in [0.15, 0.2) is 28.9 Å². The zero-order valence-electron chi connectivity index (χ0n) is 9.53. The highest BCUT2D eigenvalue weighted by Crippen LogP contribution is 2.11. The number of aryl methyl sites for hydroxylation is 2. The van der Waals surface area contributed by atoms with E-state index in [1.54, 1.807) is 0 Å². The van der Waals surface area contributed by atoms with Crippen LogP contribution < -0.4 is 5.32 Å².